The first kappa shape index (κ1) is 16.9. The van der Waals surface area contributed by atoms with Crippen LogP contribution in [0.3, 0.4) is 0 Å². The van der Waals surface area contributed by atoms with Gasteiger partial charge in [0.1, 0.15) is 6.61 Å². The molecule has 0 unspecified atom stereocenters. The third-order valence-corrected chi connectivity index (χ3v) is 4.42. The number of rotatable bonds is 5. The van der Waals surface area contributed by atoms with Gasteiger partial charge in [-0.2, -0.15) is 0 Å². The highest BCUT2D eigenvalue weighted by Crippen LogP contribution is 2.20. The van der Waals surface area contributed by atoms with Crippen LogP contribution in [0.25, 0.3) is 0 Å². The first-order chi connectivity index (χ1) is 9.17. The van der Waals surface area contributed by atoms with Crippen LogP contribution in [0.15, 0.2) is 17.5 Å². The Morgan fingerprint density at radius 1 is 1.40 bits per heavy atom. The minimum absolute atomic E-state index is 0. The topological polar surface area (TPSA) is 77.2 Å². The van der Waals surface area contributed by atoms with Gasteiger partial charge in [0.05, 0.1) is 10.7 Å². The molecule has 0 aliphatic heterocycles. The van der Waals surface area contributed by atoms with Gasteiger partial charge in [-0.05, 0) is 31.9 Å². The third kappa shape index (κ3) is 5.09. The Morgan fingerprint density at radius 2 is 2.15 bits per heavy atom. The van der Waals surface area contributed by atoms with Gasteiger partial charge in [0.25, 0.3) is 0 Å². The lowest BCUT2D eigenvalue weighted by Gasteiger charge is -2.00. The van der Waals surface area contributed by atoms with Gasteiger partial charge in [0.2, 0.25) is 0 Å². The van der Waals surface area contributed by atoms with Crippen molar-refractivity contribution < 1.29 is 9.53 Å². The molecule has 0 saturated heterocycles. The molecule has 0 radical (unpaired) electrons. The maximum atomic E-state index is 10.8. The number of carbonyl (C=O) groups excluding carboxylic acids is 1. The number of hydrazine groups is 1. The van der Waals surface area contributed by atoms with Gasteiger partial charge in [-0.1, -0.05) is 0 Å². The van der Waals surface area contributed by atoms with Crippen LogP contribution in [0.2, 0.25) is 0 Å². The molecule has 110 valence electrons. The Morgan fingerprint density at radius 3 is 2.80 bits per heavy atom. The van der Waals surface area contributed by atoms with E-state index >= 15 is 0 Å². The summed E-state index contributed by atoms with van der Waals surface area (Å²) in [5, 5.41) is 3.20. The Kier molecular flexibility index (Phi) is 6.94. The minimum Gasteiger partial charge on any atom is -0.443 e. The molecular formula is C12H16ClN3O2S2. The molecule has 0 aromatic carbocycles. The molecule has 2 heterocycles. The number of aryl methyl sites for hydroxylation is 3. The van der Waals surface area contributed by atoms with Gasteiger partial charge in [0, 0.05) is 15.1 Å². The zero-order chi connectivity index (χ0) is 13.7. The number of amides is 1. The average molecular weight is 334 g/mol. The smallest absolute Gasteiger partial charge is 0.421 e. The summed E-state index contributed by atoms with van der Waals surface area (Å²) in [6.07, 6.45) is 1.28. The summed E-state index contributed by atoms with van der Waals surface area (Å²) >= 11 is 3.32. The fraction of sp³-hybridized carbons (Fsp3) is 0.333. The van der Waals surface area contributed by atoms with Crippen LogP contribution < -0.4 is 11.3 Å². The second-order valence-corrected chi connectivity index (χ2v) is 6.26. The second-order valence-electron chi connectivity index (χ2n) is 3.95. The summed E-state index contributed by atoms with van der Waals surface area (Å²) in [4.78, 5) is 17.5. The Hall–Kier alpha value is -1.15. The number of halogens is 1. The predicted octanol–water partition coefficient (Wildman–Crippen LogP) is 2.82. The van der Waals surface area contributed by atoms with Crippen molar-refractivity contribution in [2.75, 3.05) is 0 Å². The number of nitrogens with two attached hydrogens (primary N) is 1. The van der Waals surface area contributed by atoms with E-state index in [2.05, 4.69) is 16.4 Å². The Balaban J connectivity index is 0.00000200. The normalized spacial score (nSPS) is 9.90. The van der Waals surface area contributed by atoms with Crippen molar-refractivity contribution in [1.82, 2.24) is 10.4 Å². The first-order valence-electron chi connectivity index (χ1n) is 5.79. The molecule has 0 aliphatic carbocycles. The van der Waals surface area contributed by atoms with Gasteiger partial charge < -0.3 is 4.74 Å². The number of nitrogens with one attached hydrogen (secondary N) is 1. The van der Waals surface area contributed by atoms with Crippen LogP contribution in [0, 0.1) is 6.92 Å². The Labute approximate surface area is 131 Å². The van der Waals surface area contributed by atoms with E-state index in [0.29, 0.717) is 0 Å². The number of aromatic nitrogens is 1. The summed E-state index contributed by atoms with van der Waals surface area (Å²) in [5.41, 5.74) is 3.06. The average Bonchev–Trinajstić information content (AvgIpc) is 3.02. The van der Waals surface area contributed by atoms with Gasteiger partial charge in [-0.15, -0.1) is 35.1 Å². The molecule has 20 heavy (non-hydrogen) atoms. The van der Waals surface area contributed by atoms with E-state index in [9.17, 15) is 4.79 Å². The van der Waals surface area contributed by atoms with Gasteiger partial charge >= 0.3 is 6.09 Å². The number of hydrogen-bond donors (Lipinski definition) is 2. The molecule has 0 spiro atoms. The zero-order valence-electron chi connectivity index (χ0n) is 10.9. The maximum absolute atomic E-state index is 10.8. The summed E-state index contributed by atoms with van der Waals surface area (Å²) < 4.78 is 4.88. The predicted molar refractivity (Wildman–Crippen MR) is 83.3 cm³/mol. The third-order valence-electron chi connectivity index (χ3n) is 2.47. The highest BCUT2D eigenvalue weighted by Gasteiger charge is 2.05. The summed E-state index contributed by atoms with van der Waals surface area (Å²) in [5.74, 6) is 4.93. The molecule has 2 aromatic rings. The lowest BCUT2D eigenvalue weighted by Crippen LogP contribution is -2.30. The van der Waals surface area contributed by atoms with Crippen molar-refractivity contribution in [2.45, 2.75) is 26.4 Å². The zero-order valence-corrected chi connectivity index (χ0v) is 13.4. The number of hydrogen-bond acceptors (Lipinski definition) is 6. The van der Waals surface area contributed by atoms with Crippen LogP contribution in [-0.2, 0) is 24.2 Å². The standard InChI is InChI=1S/C12H15N3O2S2.ClH/c1-8-14-9(7-18-8)2-3-10-4-5-11(19-10)6-17-12(16)15-13;/h4-5,7H,2-3,6,13H2,1H3,(H,15,16);1H. The fourth-order valence-electron chi connectivity index (χ4n) is 1.59. The lowest BCUT2D eigenvalue weighted by atomic mass is 10.2. The Bertz CT molecular complexity index is 556. The van der Waals surface area contributed by atoms with Crippen molar-refractivity contribution in [3.05, 3.63) is 38.0 Å². The van der Waals surface area contributed by atoms with E-state index in [1.807, 2.05) is 18.4 Å². The summed E-state index contributed by atoms with van der Waals surface area (Å²) in [6.45, 7) is 2.26. The van der Waals surface area contributed by atoms with Crippen LogP contribution in [-0.4, -0.2) is 11.1 Å². The van der Waals surface area contributed by atoms with E-state index < -0.39 is 6.09 Å². The van der Waals surface area contributed by atoms with E-state index in [4.69, 9.17) is 10.6 Å². The molecule has 0 bridgehead atoms. The second kappa shape index (κ2) is 8.21. The van der Waals surface area contributed by atoms with Gasteiger partial charge in [0.15, 0.2) is 0 Å². The highest BCUT2D eigenvalue weighted by molar-refractivity contribution is 7.12. The molecule has 0 saturated carbocycles. The quantitative estimate of drug-likeness (QED) is 0.501. The molecule has 8 heteroatoms. The number of thiophene rings is 1. The summed E-state index contributed by atoms with van der Waals surface area (Å²) in [7, 11) is 0. The lowest BCUT2D eigenvalue weighted by molar-refractivity contribution is 0.141. The molecular weight excluding hydrogens is 318 g/mol. The molecule has 1 amide bonds. The van der Waals surface area contributed by atoms with Gasteiger partial charge in [-0.25, -0.2) is 15.6 Å². The SMILES string of the molecule is Cc1nc(CCc2ccc(COC(=O)NN)s2)cs1.Cl. The maximum Gasteiger partial charge on any atom is 0.421 e. The van der Waals surface area contributed by atoms with Crippen LogP contribution >= 0.6 is 35.1 Å². The molecule has 5 nitrogen and oxygen atoms in total. The van der Waals surface area contributed by atoms with Crippen LogP contribution in [0.4, 0.5) is 4.79 Å². The van der Waals surface area contributed by atoms with Crippen molar-refractivity contribution in [3.8, 4) is 0 Å². The minimum atomic E-state index is -0.618. The van der Waals surface area contributed by atoms with Gasteiger partial charge in [-0.3, -0.25) is 5.43 Å². The largest absolute Gasteiger partial charge is 0.443 e. The first-order valence-corrected chi connectivity index (χ1v) is 7.49. The number of ether oxygens (including phenoxy) is 1. The molecule has 0 fully saturated rings. The van der Waals surface area contributed by atoms with Crippen molar-refractivity contribution >= 4 is 41.2 Å². The van der Waals surface area contributed by atoms with E-state index in [1.54, 1.807) is 22.7 Å². The van der Waals surface area contributed by atoms with Crippen molar-refractivity contribution in [1.29, 1.82) is 0 Å². The van der Waals surface area contributed by atoms with Crippen molar-refractivity contribution in [3.63, 3.8) is 0 Å². The van der Waals surface area contributed by atoms with E-state index in [-0.39, 0.29) is 19.0 Å². The molecule has 2 rings (SSSR count). The highest BCUT2D eigenvalue weighted by atomic mass is 35.5. The molecule has 0 aliphatic rings. The van der Waals surface area contributed by atoms with Crippen LogP contribution in [0.5, 0.6) is 0 Å². The van der Waals surface area contributed by atoms with E-state index in [1.165, 1.54) is 4.88 Å². The fourth-order valence-corrected chi connectivity index (χ4v) is 3.16. The molecule has 2 aromatic heterocycles. The monoisotopic (exact) mass is 333 g/mol. The number of nitrogens with zero attached hydrogens (tertiary/aromatic N) is 1. The molecule has 0 atom stereocenters. The van der Waals surface area contributed by atoms with Crippen molar-refractivity contribution in [2.24, 2.45) is 5.84 Å². The number of carbonyl (C=O) groups is 1. The molecule has 3 N–H and O–H groups in total. The van der Waals surface area contributed by atoms with Crippen LogP contribution in [0.1, 0.15) is 20.5 Å². The summed E-state index contributed by atoms with van der Waals surface area (Å²) in [6, 6.07) is 4.03. The van der Waals surface area contributed by atoms with E-state index in [0.717, 1.165) is 28.4 Å². The number of thiazole rings is 1.